The first kappa shape index (κ1) is 15.4. The summed E-state index contributed by atoms with van der Waals surface area (Å²) in [5.41, 5.74) is -0.871. The molecule has 112 valence electrons. The largest absolute Gasteiger partial charge is 0.477 e. The van der Waals surface area contributed by atoms with E-state index in [1.54, 1.807) is 0 Å². The molecule has 0 bridgehead atoms. The molecule has 2 rings (SSSR count). The van der Waals surface area contributed by atoms with Gasteiger partial charge in [0.25, 0.3) is 0 Å². The molecule has 7 heteroatoms. The summed E-state index contributed by atoms with van der Waals surface area (Å²) in [7, 11) is 0. The minimum atomic E-state index is -4.44. The molecule has 1 aliphatic rings. The Hall–Kier alpha value is -1.01. The Morgan fingerprint density at radius 2 is 2.20 bits per heavy atom. The Balaban J connectivity index is 1.86. The lowest BCUT2D eigenvalue weighted by Crippen LogP contribution is -2.35. The van der Waals surface area contributed by atoms with E-state index in [0.717, 1.165) is 31.6 Å². The number of nitrogens with one attached hydrogen (secondary N) is 1. The van der Waals surface area contributed by atoms with Crippen molar-refractivity contribution in [1.29, 1.82) is 0 Å². The van der Waals surface area contributed by atoms with E-state index in [4.69, 9.17) is 16.3 Å². The summed E-state index contributed by atoms with van der Waals surface area (Å²) >= 11 is 5.75. The van der Waals surface area contributed by atoms with Crippen molar-refractivity contribution in [3.05, 3.63) is 22.8 Å². The molecular formula is C13H16ClF3N2O. The monoisotopic (exact) mass is 308 g/mol. The second-order valence-corrected chi connectivity index (χ2v) is 5.20. The first-order valence-electron chi connectivity index (χ1n) is 6.56. The number of hydrogen-bond acceptors (Lipinski definition) is 3. The highest BCUT2D eigenvalue weighted by atomic mass is 35.5. The summed E-state index contributed by atoms with van der Waals surface area (Å²) in [5, 5.41) is 3.25. The lowest BCUT2D eigenvalue weighted by Gasteiger charge is -2.23. The average Bonchev–Trinajstić information content (AvgIpc) is 2.40. The maximum absolute atomic E-state index is 12.4. The smallest absolute Gasteiger partial charge is 0.417 e. The van der Waals surface area contributed by atoms with Crippen LogP contribution in [-0.4, -0.2) is 24.2 Å². The van der Waals surface area contributed by atoms with Crippen LogP contribution in [0.4, 0.5) is 13.2 Å². The van der Waals surface area contributed by atoms with Crippen LogP contribution in [0.15, 0.2) is 12.3 Å². The number of ether oxygens (including phenoxy) is 1. The van der Waals surface area contributed by atoms with E-state index in [1.807, 2.05) is 0 Å². The number of rotatable bonds is 4. The van der Waals surface area contributed by atoms with Crippen LogP contribution in [0, 0.1) is 0 Å². The van der Waals surface area contributed by atoms with Gasteiger partial charge in [0.2, 0.25) is 5.88 Å². The minimum absolute atomic E-state index is 0.0514. The zero-order valence-electron chi connectivity index (χ0n) is 10.8. The average molecular weight is 309 g/mol. The van der Waals surface area contributed by atoms with E-state index in [9.17, 15) is 13.2 Å². The summed E-state index contributed by atoms with van der Waals surface area (Å²) in [4.78, 5) is 3.63. The molecule has 1 aliphatic heterocycles. The summed E-state index contributed by atoms with van der Waals surface area (Å²) in [6, 6.07) is 1.24. The number of nitrogens with zero attached hydrogens (tertiary/aromatic N) is 1. The van der Waals surface area contributed by atoms with Crippen molar-refractivity contribution in [3.63, 3.8) is 0 Å². The van der Waals surface area contributed by atoms with E-state index in [1.165, 1.54) is 12.8 Å². The molecule has 1 N–H and O–H groups in total. The normalized spacial score (nSPS) is 19.9. The third-order valence-electron chi connectivity index (χ3n) is 3.25. The highest BCUT2D eigenvalue weighted by Crippen LogP contribution is 2.33. The predicted octanol–water partition coefficient (Wildman–Crippen LogP) is 3.66. The highest BCUT2D eigenvalue weighted by Gasteiger charge is 2.31. The summed E-state index contributed by atoms with van der Waals surface area (Å²) < 4.78 is 42.7. The summed E-state index contributed by atoms with van der Waals surface area (Å²) in [6.07, 6.45) is 0.554. The molecule has 0 saturated carbocycles. The zero-order chi connectivity index (χ0) is 14.6. The van der Waals surface area contributed by atoms with Crippen LogP contribution in [0.2, 0.25) is 5.02 Å². The Labute approximate surface area is 120 Å². The standard InChI is InChI=1S/C13H16ClF3N2O/c14-11-7-9(13(15,16)17)8-19-12(11)20-6-4-10-3-1-2-5-18-10/h7-8,10,18H,1-6H2/t10-/m0/s1. The fourth-order valence-corrected chi connectivity index (χ4v) is 2.38. The number of alkyl halides is 3. The maximum Gasteiger partial charge on any atom is 0.417 e. The van der Waals surface area contributed by atoms with E-state index in [2.05, 4.69) is 10.3 Å². The summed E-state index contributed by atoms with van der Waals surface area (Å²) in [5.74, 6) is 0.0514. The third kappa shape index (κ3) is 4.24. The van der Waals surface area contributed by atoms with Crippen molar-refractivity contribution in [1.82, 2.24) is 10.3 Å². The fraction of sp³-hybridized carbons (Fsp3) is 0.615. The van der Waals surface area contributed by atoms with Crippen molar-refractivity contribution in [3.8, 4) is 5.88 Å². The van der Waals surface area contributed by atoms with E-state index in [-0.39, 0.29) is 10.9 Å². The van der Waals surface area contributed by atoms with Gasteiger partial charge in [-0.2, -0.15) is 13.2 Å². The molecule has 0 amide bonds. The van der Waals surface area contributed by atoms with Crippen LogP contribution in [-0.2, 0) is 6.18 Å². The van der Waals surface area contributed by atoms with Crippen molar-refractivity contribution in [2.75, 3.05) is 13.2 Å². The Bertz CT molecular complexity index is 448. The quantitative estimate of drug-likeness (QED) is 0.921. The van der Waals surface area contributed by atoms with Gasteiger partial charge in [-0.25, -0.2) is 4.98 Å². The van der Waals surface area contributed by atoms with E-state index in [0.29, 0.717) is 12.6 Å². The van der Waals surface area contributed by atoms with Crippen LogP contribution in [0.3, 0.4) is 0 Å². The summed E-state index contributed by atoms with van der Waals surface area (Å²) in [6.45, 7) is 1.39. The van der Waals surface area contributed by atoms with Crippen LogP contribution < -0.4 is 10.1 Å². The molecule has 1 aromatic heterocycles. The number of halogens is 4. The van der Waals surface area contributed by atoms with Crippen molar-refractivity contribution in [2.24, 2.45) is 0 Å². The van der Waals surface area contributed by atoms with Gasteiger partial charge in [-0.3, -0.25) is 0 Å². The van der Waals surface area contributed by atoms with Crippen LogP contribution in [0.25, 0.3) is 0 Å². The van der Waals surface area contributed by atoms with Gasteiger partial charge in [-0.15, -0.1) is 0 Å². The first-order valence-corrected chi connectivity index (χ1v) is 6.93. The van der Waals surface area contributed by atoms with Gasteiger partial charge >= 0.3 is 6.18 Å². The van der Waals surface area contributed by atoms with Gasteiger partial charge in [0, 0.05) is 12.2 Å². The number of pyridine rings is 1. The topological polar surface area (TPSA) is 34.1 Å². The molecule has 0 aromatic carbocycles. The zero-order valence-corrected chi connectivity index (χ0v) is 11.6. The van der Waals surface area contributed by atoms with Gasteiger partial charge in [0.05, 0.1) is 12.2 Å². The molecule has 1 saturated heterocycles. The molecule has 0 unspecified atom stereocenters. The first-order chi connectivity index (χ1) is 9.47. The molecule has 1 fully saturated rings. The molecule has 2 heterocycles. The van der Waals surface area contributed by atoms with Crippen LogP contribution >= 0.6 is 11.6 Å². The fourth-order valence-electron chi connectivity index (χ4n) is 2.15. The van der Waals surface area contributed by atoms with Gasteiger partial charge in [-0.1, -0.05) is 18.0 Å². The minimum Gasteiger partial charge on any atom is -0.477 e. The van der Waals surface area contributed by atoms with Gasteiger partial charge in [0.1, 0.15) is 5.02 Å². The highest BCUT2D eigenvalue weighted by molar-refractivity contribution is 6.31. The van der Waals surface area contributed by atoms with Gasteiger partial charge in [0.15, 0.2) is 0 Å². The van der Waals surface area contributed by atoms with Crippen molar-refractivity contribution < 1.29 is 17.9 Å². The second kappa shape index (κ2) is 6.63. The van der Waals surface area contributed by atoms with Crippen LogP contribution in [0.5, 0.6) is 5.88 Å². The molecule has 20 heavy (non-hydrogen) atoms. The van der Waals surface area contributed by atoms with E-state index >= 15 is 0 Å². The Morgan fingerprint density at radius 1 is 1.40 bits per heavy atom. The molecule has 1 atom stereocenters. The van der Waals surface area contributed by atoms with Crippen molar-refractivity contribution >= 4 is 11.6 Å². The lowest BCUT2D eigenvalue weighted by molar-refractivity contribution is -0.137. The lowest BCUT2D eigenvalue weighted by atomic mass is 10.0. The molecular weight excluding hydrogens is 293 g/mol. The SMILES string of the molecule is FC(F)(F)c1cnc(OCC[C@@H]2CCCCN2)c(Cl)c1. The molecule has 3 nitrogen and oxygen atoms in total. The molecule has 0 aliphatic carbocycles. The number of piperidine rings is 1. The molecule has 0 radical (unpaired) electrons. The van der Waals surface area contributed by atoms with Crippen LogP contribution in [0.1, 0.15) is 31.2 Å². The number of hydrogen-bond donors (Lipinski definition) is 1. The number of aromatic nitrogens is 1. The Morgan fingerprint density at radius 3 is 2.80 bits per heavy atom. The van der Waals surface area contributed by atoms with Gasteiger partial charge in [-0.05, 0) is 31.9 Å². The second-order valence-electron chi connectivity index (χ2n) is 4.79. The maximum atomic E-state index is 12.4. The van der Waals surface area contributed by atoms with E-state index < -0.39 is 11.7 Å². The van der Waals surface area contributed by atoms with Gasteiger partial charge < -0.3 is 10.1 Å². The predicted molar refractivity (Wildman–Crippen MR) is 70.0 cm³/mol. The third-order valence-corrected chi connectivity index (χ3v) is 3.52. The molecule has 1 aromatic rings. The van der Waals surface area contributed by atoms with Crippen molar-refractivity contribution in [2.45, 2.75) is 37.9 Å². The molecule has 0 spiro atoms. The Kier molecular flexibility index (Phi) is 5.10.